The number of rotatable bonds is 11. The van der Waals surface area contributed by atoms with E-state index in [-0.39, 0.29) is 11.7 Å². The Labute approximate surface area is 230 Å². The second kappa shape index (κ2) is 11.8. The lowest BCUT2D eigenvalue weighted by molar-refractivity contribution is 0.154. The van der Waals surface area contributed by atoms with Gasteiger partial charge in [0.1, 0.15) is 18.7 Å². The minimum atomic E-state index is -4.01. The summed E-state index contributed by atoms with van der Waals surface area (Å²) < 4.78 is 38.9. The van der Waals surface area contributed by atoms with Crippen LogP contribution in [-0.4, -0.2) is 83.1 Å². The van der Waals surface area contributed by atoms with Crippen LogP contribution >= 0.6 is 23.1 Å². The Kier molecular flexibility index (Phi) is 8.29. The molecule has 2 N–H and O–H groups in total. The van der Waals surface area contributed by atoms with Crippen molar-refractivity contribution in [2.75, 3.05) is 56.4 Å². The van der Waals surface area contributed by atoms with E-state index in [1.165, 1.54) is 12.5 Å². The Balaban J connectivity index is 1.24. The highest BCUT2D eigenvalue weighted by Crippen LogP contribution is 2.29. The summed E-state index contributed by atoms with van der Waals surface area (Å²) in [6.07, 6.45) is 3.78. The Bertz CT molecular complexity index is 1470. The van der Waals surface area contributed by atoms with Crippen LogP contribution in [0.1, 0.15) is 12.0 Å². The lowest BCUT2D eigenvalue weighted by Gasteiger charge is -2.32. The maximum atomic E-state index is 12.8. The standard InChI is InChI=1S/C24H29ClN8O3S2/c1-31-10-12-32(13-11-31)9-3-8-26-21-14-19(25)7-6-18(21)16-36-23-5-2-4-22-20(23)15-28-33(22)38(34,35)30-24-27-17-29-37-24/h2,4-7,14-15,17,26H,3,8-13,16H2,1H3,(H,27,29,30). The molecule has 0 atom stereocenters. The molecule has 11 nitrogen and oxygen atoms in total. The summed E-state index contributed by atoms with van der Waals surface area (Å²) in [5.41, 5.74) is 2.25. The first-order valence-electron chi connectivity index (χ1n) is 12.2. The monoisotopic (exact) mass is 576 g/mol. The molecule has 38 heavy (non-hydrogen) atoms. The van der Waals surface area contributed by atoms with Crippen LogP contribution < -0.4 is 14.8 Å². The number of hydrogen-bond donors (Lipinski definition) is 2. The summed E-state index contributed by atoms with van der Waals surface area (Å²) in [4.78, 5) is 8.72. The van der Waals surface area contributed by atoms with Gasteiger partial charge < -0.3 is 19.9 Å². The number of benzene rings is 2. The van der Waals surface area contributed by atoms with E-state index in [0.717, 1.165) is 72.6 Å². The van der Waals surface area contributed by atoms with Gasteiger partial charge in [0.15, 0.2) is 0 Å². The zero-order valence-corrected chi connectivity index (χ0v) is 23.3. The Hall–Kier alpha value is -2.97. The molecule has 1 fully saturated rings. The molecule has 0 spiro atoms. The molecule has 5 rings (SSSR count). The minimum Gasteiger partial charge on any atom is -0.488 e. The normalized spacial score (nSPS) is 15.1. The summed E-state index contributed by atoms with van der Waals surface area (Å²) in [6.45, 7) is 6.58. The molecule has 1 aliphatic rings. The van der Waals surface area contributed by atoms with Gasteiger partial charge in [0.2, 0.25) is 5.13 Å². The van der Waals surface area contributed by atoms with Gasteiger partial charge in [-0.15, -0.1) is 4.09 Å². The van der Waals surface area contributed by atoms with Crippen LogP contribution in [0.2, 0.25) is 5.02 Å². The Morgan fingerprint density at radius 1 is 1.16 bits per heavy atom. The second-order valence-corrected chi connectivity index (χ2v) is 11.8. The molecule has 14 heteroatoms. The summed E-state index contributed by atoms with van der Waals surface area (Å²) in [5, 5.41) is 8.98. The van der Waals surface area contributed by atoms with Gasteiger partial charge in [-0.3, -0.25) is 0 Å². The molecule has 1 saturated heterocycles. The van der Waals surface area contributed by atoms with Crippen molar-refractivity contribution in [3.05, 3.63) is 59.5 Å². The molecule has 4 aromatic rings. The molecule has 2 aromatic heterocycles. The zero-order valence-electron chi connectivity index (χ0n) is 20.9. The van der Waals surface area contributed by atoms with Gasteiger partial charge in [-0.1, -0.05) is 23.7 Å². The van der Waals surface area contributed by atoms with Crippen molar-refractivity contribution in [1.82, 2.24) is 28.3 Å². The molecule has 0 radical (unpaired) electrons. The number of halogens is 1. The molecule has 0 unspecified atom stereocenters. The van der Waals surface area contributed by atoms with E-state index >= 15 is 0 Å². The lowest BCUT2D eigenvalue weighted by Crippen LogP contribution is -2.44. The van der Waals surface area contributed by atoms with Crippen molar-refractivity contribution in [2.24, 2.45) is 0 Å². The summed E-state index contributed by atoms with van der Waals surface area (Å²) in [7, 11) is -1.85. The average molecular weight is 577 g/mol. The van der Waals surface area contributed by atoms with Gasteiger partial charge in [0.25, 0.3) is 0 Å². The van der Waals surface area contributed by atoms with E-state index in [9.17, 15) is 8.42 Å². The maximum absolute atomic E-state index is 12.8. The van der Waals surface area contributed by atoms with Gasteiger partial charge >= 0.3 is 10.2 Å². The van der Waals surface area contributed by atoms with Gasteiger partial charge in [0, 0.05) is 60.5 Å². The number of nitrogens with zero attached hydrogens (tertiary/aromatic N) is 6. The van der Waals surface area contributed by atoms with E-state index in [1.807, 2.05) is 18.2 Å². The Morgan fingerprint density at radius 2 is 2.00 bits per heavy atom. The first-order chi connectivity index (χ1) is 18.4. The topological polar surface area (TPSA) is 118 Å². The second-order valence-electron chi connectivity index (χ2n) is 9.05. The maximum Gasteiger partial charge on any atom is 0.345 e. The van der Waals surface area contributed by atoms with Gasteiger partial charge in [0.05, 0.1) is 17.1 Å². The largest absolute Gasteiger partial charge is 0.488 e. The van der Waals surface area contributed by atoms with Crippen molar-refractivity contribution >= 4 is 55.1 Å². The number of aromatic nitrogens is 4. The van der Waals surface area contributed by atoms with E-state index in [0.29, 0.717) is 21.7 Å². The van der Waals surface area contributed by atoms with E-state index in [2.05, 4.69) is 41.3 Å². The number of anilines is 2. The highest BCUT2D eigenvalue weighted by molar-refractivity contribution is 7.91. The molecule has 202 valence electrons. The number of hydrogen-bond acceptors (Lipinski definition) is 10. The summed E-state index contributed by atoms with van der Waals surface area (Å²) >= 11 is 7.22. The van der Waals surface area contributed by atoms with Crippen molar-refractivity contribution in [3.63, 3.8) is 0 Å². The minimum absolute atomic E-state index is 0.160. The smallest absolute Gasteiger partial charge is 0.345 e. The van der Waals surface area contributed by atoms with E-state index < -0.39 is 10.2 Å². The third-order valence-electron chi connectivity index (χ3n) is 6.36. The molecule has 0 amide bonds. The SMILES string of the molecule is CN1CCN(CCCNc2cc(Cl)ccc2COc2cccc3c2cnn3S(=O)(=O)Nc2ncns2)CC1. The number of fused-ring (bicyclic) bond motifs is 1. The zero-order chi connectivity index (χ0) is 26.5. The molecule has 0 bridgehead atoms. The predicted molar refractivity (Wildman–Crippen MR) is 150 cm³/mol. The predicted octanol–water partition coefficient (Wildman–Crippen LogP) is 3.37. The molecule has 2 aromatic carbocycles. The summed E-state index contributed by atoms with van der Waals surface area (Å²) in [6, 6.07) is 10.9. The first-order valence-corrected chi connectivity index (χ1v) is 14.8. The number of likely N-dealkylation sites (N-methyl/N-ethyl adjacent to an activating group) is 1. The average Bonchev–Trinajstić information content (AvgIpc) is 3.57. The van der Waals surface area contributed by atoms with Gasteiger partial charge in [-0.05, 0) is 44.3 Å². The van der Waals surface area contributed by atoms with Gasteiger partial charge in [-0.2, -0.15) is 17.9 Å². The number of nitrogens with one attached hydrogen (secondary N) is 2. The van der Waals surface area contributed by atoms with Gasteiger partial charge in [-0.25, -0.2) is 9.71 Å². The fourth-order valence-electron chi connectivity index (χ4n) is 4.28. The first kappa shape index (κ1) is 26.6. The fourth-order valence-corrected chi connectivity index (χ4v) is 6.16. The quantitative estimate of drug-likeness (QED) is 0.259. The molecular weight excluding hydrogens is 548 g/mol. The van der Waals surface area contributed by atoms with Crippen LogP contribution in [0.4, 0.5) is 10.8 Å². The molecule has 3 heterocycles. The third kappa shape index (κ3) is 6.35. The van der Waals surface area contributed by atoms with Crippen LogP contribution in [0.3, 0.4) is 0 Å². The van der Waals surface area contributed by atoms with Crippen LogP contribution in [0.15, 0.2) is 48.9 Å². The summed E-state index contributed by atoms with van der Waals surface area (Å²) in [5.74, 6) is 0.524. The van der Waals surface area contributed by atoms with Crippen LogP contribution in [0.25, 0.3) is 10.9 Å². The molecule has 1 aliphatic heterocycles. The Morgan fingerprint density at radius 3 is 2.79 bits per heavy atom. The lowest BCUT2D eigenvalue weighted by atomic mass is 10.1. The molecular formula is C24H29ClN8O3S2. The van der Waals surface area contributed by atoms with Crippen LogP contribution in [0.5, 0.6) is 5.75 Å². The van der Waals surface area contributed by atoms with Crippen LogP contribution in [0, 0.1) is 0 Å². The number of piperazine rings is 1. The van der Waals surface area contributed by atoms with E-state index in [1.54, 1.807) is 18.2 Å². The van der Waals surface area contributed by atoms with E-state index in [4.69, 9.17) is 16.3 Å². The van der Waals surface area contributed by atoms with Crippen molar-refractivity contribution in [2.45, 2.75) is 13.0 Å². The number of ether oxygens (including phenoxy) is 1. The highest BCUT2D eigenvalue weighted by Gasteiger charge is 2.20. The molecule has 0 saturated carbocycles. The van der Waals surface area contributed by atoms with Crippen molar-refractivity contribution in [3.8, 4) is 5.75 Å². The highest BCUT2D eigenvalue weighted by atomic mass is 35.5. The van der Waals surface area contributed by atoms with Crippen molar-refractivity contribution < 1.29 is 13.2 Å². The third-order valence-corrected chi connectivity index (χ3v) is 8.51. The fraction of sp³-hybridized carbons (Fsp3) is 0.375. The molecule has 0 aliphatic carbocycles. The van der Waals surface area contributed by atoms with Crippen LogP contribution in [-0.2, 0) is 16.8 Å². The van der Waals surface area contributed by atoms with Crippen molar-refractivity contribution in [1.29, 1.82) is 0 Å².